The molecule has 17 heavy (non-hydrogen) atoms. The number of aromatic amines is 2. The molecule has 0 fully saturated rings. The molecule has 0 aliphatic rings. The van der Waals surface area contributed by atoms with Crippen LogP contribution in [0.1, 0.15) is 10.6 Å². The second kappa shape index (κ2) is 5.45. The van der Waals surface area contributed by atoms with Crippen molar-refractivity contribution in [3.05, 3.63) is 57.0 Å². The van der Waals surface area contributed by atoms with Crippen LogP contribution >= 0.6 is 0 Å². The SMILES string of the molecule is O=C(O)c1ccco1.O=c1[nH]cc(F)c(=O)[nH]1. The lowest BCUT2D eigenvalue weighted by atomic mass is 10.5. The Balaban J connectivity index is 0.000000171. The molecule has 0 aromatic carbocycles. The molecule has 0 saturated heterocycles. The largest absolute Gasteiger partial charge is 0.475 e. The van der Waals surface area contributed by atoms with Gasteiger partial charge in [-0.25, -0.2) is 9.59 Å². The Morgan fingerprint density at radius 1 is 1.41 bits per heavy atom. The zero-order valence-corrected chi connectivity index (χ0v) is 8.27. The summed E-state index contributed by atoms with van der Waals surface area (Å²) < 4.78 is 16.5. The predicted molar refractivity (Wildman–Crippen MR) is 53.3 cm³/mol. The minimum atomic E-state index is -1.03. The third-order valence-corrected chi connectivity index (χ3v) is 1.51. The molecule has 0 bridgehead atoms. The summed E-state index contributed by atoms with van der Waals surface area (Å²) in [5.74, 6) is -2.05. The van der Waals surface area contributed by atoms with Crippen LogP contribution in [0.15, 0.2) is 38.6 Å². The first-order valence-electron chi connectivity index (χ1n) is 4.25. The van der Waals surface area contributed by atoms with E-state index in [2.05, 4.69) is 4.42 Å². The highest BCUT2D eigenvalue weighted by Crippen LogP contribution is 1.97. The maximum atomic E-state index is 12.0. The molecule has 0 amide bonds. The van der Waals surface area contributed by atoms with Crippen molar-refractivity contribution in [2.75, 3.05) is 0 Å². The van der Waals surface area contributed by atoms with Crippen molar-refractivity contribution in [1.82, 2.24) is 9.97 Å². The summed E-state index contributed by atoms with van der Waals surface area (Å²) in [6, 6.07) is 2.92. The second-order valence-corrected chi connectivity index (χ2v) is 2.70. The second-order valence-electron chi connectivity index (χ2n) is 2.70. The van der Waals surface area contributed by atoms with Gasteiger partial charge in [-0.15, -0.1) is 0 Å². The molecular formula is C9H7FN2O5. The minimum Gasteiger partial charge on any atom is -0.475 e. The molecule has 0 atom stereocenters. The molecule has 0 aliphatic heterocycles. The molecule has 90 valence electrons. The molecule has 3 N–H and O–H groups in total. The van der Waals surface area contributed by atoms with Crippen molar-refractivity contribution in [1.29, 1.82) is 0 Å². The summed E-state index contributed by atoms with van der Waals surface area (Å²) in [4.78, 5) is 34.0. The summed E-state index contributed by atoms with van der Waals surface area (Å²) in [5, 5.41) is 8.18. The number of carboxylic acid groups (broad SMARTS) is 1. The van der Waals surface area contributed by atoms with Crippen LogP contribution < -0.4 is 11.2 Å². The fourth-order valence-electron chi connectivity index (χ4n) is 0.794. The molecule has 2 aromatic rings. The fraction of sp³-hybridized carbons (Fsp3) is 0. The van der Waals surface area contributed by atoms with Gasteiger partial charge in [0.05, 0.1) is 6.26 Å². The number of halogens is 1. The first-order chi connectivity index (χ1) is 8.00. The average molecular weight is 242 g/mol. The lowest BCUT2D eigenvalue weighted by Crippen LogP contribution is -2.23. The van der Waals surface area contributed by atoms with Gasteiger partial charge in [-0.1, -0.05) is 0 Å². The lowest BCUT2D eigenvalue weighted by molar-refractivity contribution is 0.0662. The number of carbonyl (C=O) groups is 1. The van der Waals surface area contributed by atoms with E-state index in [0.717, 1.165) is 0 Å². The zero-order chi connectivity index (χ0) is 12.8. The van der Waals surface area contributed by atoms with Crippen LogP contribution in [0, 0.1) is 5.82 Å². The highest BCUT2D eigenvalue weighted by Gasteiger charge is 2.01. The van der Waals surface area contributed by atoms with E-state index in [4.69, 9.17) is 5.11 Å². The number of carboxylic acids is 1. The van der Waals surface area contributed by atoms with Crippen molar-refractivity contribution in [2.24, 2.45) is 0 Å². The van der Waals surface area contributed by atoms with Gasteiger partial charge in [0.15, 0.2) is 0 Å². The van der Waals surface area contributed by atoms with Crippen molar-refractivity contribution in [2.45, 2.75) is 0 Å². The summed E-state index contributed by atoms with van der Waals surface area (Å²) in [7, 11) is 0. The number of aromatic nitrogens is 2. The van der Waals surface area contributed by atoms with Crippen LogP contribution in [0.2, 0.25) is 0 Å². The third kappa shape index (κ3) is 3.78. The van der Waals surface area contributed by atoms with E-state index in [1.54, 1.807) is 4.98 Å². The molecule has 0 spiro atoms. The van der Waals surface area contributed by atoms with Crippen LogP contribution in [0.25, 0.3) is 0 Å². The maximum Gasteiger partial charge on any atom is 0.371 e. The zero-order valence-electron chi connectivity index (χ0n) is 8.27. The molecule has 8 heteroatoms. The van der Waals surface area contributed by atoms with E-state index < -0.39 is 23.0 Å². The summed E-state index contributed by atoms with van der Waals surface area (Å²) in [6.07, 6.45) is 2.03. The first-order valence-corrected chi connectivity index (χ1v) is 4.25. The maximum absolute atomic E-state index is 12.0. The summed E-state index contributed by atoms with van der Waals surface area (Å²) >= 11 is 0. The molecular weight excluding hydrogens is 235 g/mol. The van der Waals surface area contributed by atoms with Crippen LogP contribution in [0.5, 0.6) is 0 Å². The molecule has 2 heterocycles. The van der Waals surface area contributed by atoms with Crippen LogP contribution in [0.4, 0.5) is 4.39 Å². The number of rotatable bonds is 1. The molecule has 0 unspecified atom stereocenters. The van der Waals surface area contributed by atoms with E-state index in [0.29, 0.717) is 6.20 Å². The van der Waals surface area contributed by atoms with E-state index in [1.807, 2.05) is 4.98 Å². The number of aromatic carboxylic acids is 1. The van der Waals surface area contributed by atoms with Gasteiger partial charge in [0, 0.05) is 6.20 Å². The highest BCUT2D eigenvalue weighted by molar-refractivity contribution is 5.84. The Bertz CT molecular complexity index is 598. The number of hydrogen-bond acceptors (Lipinski definition) is 4. The van der Waals surface area contributed by atoms with E-state index in [-0.39, 0.29) is 5.76 Å². The smallest absolute Gasteiger partial charge is 0.371 e. The van der Waals surface area contributed by atoms with Gasteiger partial charge in [-0.2, -0.15) is 4.39 Å². The quantitative estimate of drug-likeness (QED) is 0.659. The monoisotopic (exact) mass is 242 g/mol. The molecule has 7 nitrogen and oxygen atoms in total. The van der Waals surface area contributed by atoms with Crippen molar-refractivity contribution < 1.29 is 18.7 Å². The van der Waals surface area contributed by atoms with Gasteiger partial charge >= 0.3 is 11.7 Å². The predicted octanol–water partition coefficient (Wildman–Crippen LogP) is 0.180. The van der Waals surface area contributed by atoms with Gasteiger partial charge in [0.2, 0.25) is 11.6 Å². The van der Waals surface area contributed by atoms with Gasteiger partial charge in [0.25, 0.3) is 5.56 Å². The van der Waals surface area contributed by atoms with Crippen LogP contribution in [-0.4, -0.2) is 21.0 Å². The van der Waals surface area contributed by atoms with Gasteiger partial charge in [-0.05, 0) is 12.1 Å². The van der Waals surface area contributed by atoms with Crippen LogP contribution in [0.3, 0.4) is 0 Å². The number of H-pyrrole nitrogens is 2. The fourth-order valence-corrected chi connectivity index (χ4v) is 0.794. The number of hydrogen-bond donors (Lipinski definition) is 3. The van der Waals surface area contributed by atoms with E-state index in [9.17, 15) is 18.8 Å². The van der Waals surface area contributed by atoms with Crippen molar-refractivity contribution >= 4 is 5.97 Å². The highest BCUT2D eigenvalue weighted by atomic mass is 19.1. The Morgan fingerprint density at radius 2 is 2.12 bits per heavy atom. The molecule has 2 aromatic heterocycles. The molecule has 0 saturated carbocycles. The number of furan rings is 1. The van der Waals surface area contributed by atoms with Gasteiger partial charge in [0.1, 0.15) is 0 Å². The Hall–Kier alpha value is -2.64. The lowest BCUT2D eigenvalue weighted by Gasteiger charge is -1.81. The standard InChI is InChI=1S/C5H4O3.C4H3FN2O2/c6-5(7)4-2-1-3-8-4;5-2-1-6-4(9)7-3(2)8/h1-3H,(H,6,7);1H,(H2,6,7,8,9). The normalized spacial score (nSPS) is 9.24. The number of nitrogens with one attached hydrogen (secondary N) is 2. The van der Waals surface area contributed by atoms with Gasteiger partial charge in [-0.3, -0.25) is 9.78 Å². The van der Waals surface area contributed by atoms with Crippen molar-refractivity contribution in [3.8, 4) is 0 Å². The van der Waals surface area contributed by atoms with Crippen molar-refractivity contribution in [3.63, 3.8) is 0 Å². The summed E-state index contributed by atoms with van der Waals surface area (Å²) in [5.41, 5.74) is -1.71. The Labute approximate surface area is 92.5 Å². The summed E-state index contributed by atoms with van der Waals surface area (Å²) in [6.45, 7) is 0. The first kappa shape index (κ1) is 12.4. The molecule has 0 radical (unpaired) electrons. The Morgan fingerprint density at radius 3 is 2.47 bits per heavy atom. The molecule has 0 aliphatic carbocycles. The van der Waals surface area contributed by atoms with Gasteiger partial charge < -0.3 is 14.5 Å². The Kier molecular flexibility index (Phi) is 3.98. The molecule has 2 rings (SSSR count). The van der Waals surface area contributed by atoms with E-state index in [1.165, 1.54) is 18.4 Å². The third-order valence-electron chi connectivity index (χ3n) is 1.51. The minimum absolute atomic E-state index is 0.0231. The topological polar surface area (TPSA) is 116 Å². The van der Waals surface area contributed by atoms with Crippen LogP contribution in [-0.2, 0) is 0 Å². The van der Waals surface area contributed by atoms with E-state index >= 15 is 0 Å². The average Bonchev–Trinajstić information content (AvgIpc) is 2.78.